The smallest absolute Gasteiger partial charge is 0.187 e. The van der Waals surface area contributed by atoms with Crippen molar-refractivity contribution >= 4 is 17.4 Å². The van der Waals surface area contributed by atoms with Crippen molar-refractivity contribution in [1.82, 2.24) is 15.0 Å². The van der Waals surface area contributed by atoms with E-state index in [-0.39, 0.29) is 12.2 Å². The molecule has 0 amide bonds. The van der Waals surface area contributed by atoms with Gasteiger partial charge >= 0.3 is 0 Å². The van der Waals surface area contributed by atoms with E-state index in [2.05, 4.69) is 15.0 Å². The molecule has 5 nitrogen and oxygen atoms in total. The number of pyridine rings is 3. The largest absolute Gasteiger partial charge is 0.456 e. The number of hydrogen-bond acceptors (Lipinski definition) is 5. The fraction of sp³-hybridized carbons (Fsp3) is 0.158. The van der Waals surface area contributed by atoms with E-state index in [9.17, 15) is 4.79 Å². The van der Waals surface area contributed by atoms with Crippen LogP contribution < -0.4 is 4.74 Å². The maximum absolute atomic E-state index is 12.5. The summed E-state index contributed by atoms with van der Waals surface area (Å²) in [5, 5.41) is 0.477. The molecule has 0 N–H and O–H groups in total. The lowest BCUT2D eigenvalue weighted by atomic mass is 10.1. The molecule has 0 fully saturated rings. The Hall–Kier alpha value is -2.79. The Morgan fingerprint density at radius 2 is 1.88 bits per heavy atom. The zero-order chi connectivity index (χ0) is 17.8. The lowest BCUT2D eigenvalue weighted by Gasteiger charge is -2.08. The van der Waals surface area contributed by atoms with E-state index in [4.69, 9.17) is 16.3 Å². The van der Waals surface area contributed by atoms with Crippen LogP contribution >= 0.6 is 11.6 Å². The first kappa shape index (κ1) is 17.0. The second-order valence-corrected chi connectivity index (χ2v) is 6.08. The Labute approximate surface area is 150 Å². The summed E-state index contributed by atoms with van der Waals surface area (Å²) >= 11 is 5.91. The number of halogens is 1. The molecule has 6 heteroatoms. The molecule has 0 radical (unpaired) electrons. The van der Waals surface area contributed by atoms with Gasteiger partial charge in [-0.3, -0.25) is 14.8 Å². The summed E-state index contributed by atoms with van der Waals surface area (Å²) in [6.45, 7) is 3.70. The molecular weight excluding hydrogens is 338 g/mol. The number of hydrogen-bond donors (Lipinski definition) is 0. The number of aryl methyl sites for hydroxylation is 2. The standard InChI is InChI=1S/C19H16ClN3O2/c1-12-4-3-5-15(22-12)8-19(24)18-9-16(6-13(2)23-18)25-17-7-14(20)10-21-11-17/h3-7,9-11H,8H2,1-2H3. The lowest BCUT2D eigenvalue weighted by Crippen LogP contribution is -2.08. The maximum atomic E-state index is 12.5. The Morgan fingerprint density at radius 1 is 1.04 bits per heavy atom. The van der Waals surface area contributed by atoms with E-state index < -0.39 is 0 Å². The van der Waals surface area contributed by atoms with Gasteiger partial charge in [0.2, 0.25) is 0 Å². The van der Waals surface area contributed by atoms with Gasteiger partial charge in [-0.05, 0) is 26.0 Å². The van der Waals surface area contributed by atoms with Gasteiger partial charge in [0.15, 0.2) is 5.78 Å². The summed E-state index contributed by atoms with van der Waals surface area (Å²) in [7, 11) is 0. The van der Waals surface area contributed by atoms with Crippen LogP contribution in [0.1, 0.15) is 27.6 Å². The molecule has 3 rings (SSSR count). The number of ether oxygens (including phenoxy) is 1. The predicted molar refractivity (Wildman–Crippen MR) is 95.3 cm³/mol. The molecule has 3 heterocycles. The SMILES string of the molecule is Cc1cccc(CC(=O)c2cc(Oc3cncc(Cl)c3)cc(C)n2)n1. The van der Waals surface area contributed by atoms with Crippen LogP contribution in [0.2, 0.25) is 5.02 Å². The first-order chi connectivity index (χ1) is 12.0. The molecule has 3 aromatic heterocycles. The molecule has 3 aromatic rings. The molecule has 25 heavy (non-hydrogen) atoms. The zero-order valence-electron chi connectivity index (χ0n) is 13.9. The molecule has 0 spiro atoms. The van der Waals surface area contributed by atoms with Gasteiger partial charge in [-0.15, -0.1) is 0 Å². The number of rotatable bonds is 5. The highest BCUT2D eigenvalue weighted by Crippen LogP contribution is 2.24. The van der Waals surface area contributed by atoms with Gasteiger partial charge < -0.3 is 4.74 Å². The Morgan fingerprint density at radius 3 is 2.64 bits per heavy atom. The molecule has 0 atom stereocenters. The van der Waals surface area contributed by atoms with Crippen LogP contribution in [-0.4, -0.2) is 20.7 Å². The van der Waals surface area contributed by atoms with Crippen molar-refractivity contribution in [2.24, 2.45) is 0 Å². The van der Waals surface area contributed by atoms with Gasteiger partial charge in [0.25, 0.3) is 0 Å². The molecule has 126 valence electrons. The average Bonchev–Trinajstić information content (AvgIpc) is 2.54. The van der Waals surface area contributed by atoms with Gasteiger partial charge in [0.05, 0.1) is 17.6 Å². The summed E-state index contributed by atoms with van der Waals surface area (Å²) in [5.74, 6) is 0.893. The Kier molecular flexibility index (Phi) is 5.05. The van der Waals surface area contributed by atoms with Crippen molar-refractivity contribution in [2.75, 3.05) is 0 Å². The fourth-order valence-electron chi connectivity index (χ4n) is 2.38. The topological polar surface area (TPSA) is 65.0 Å². The average molecular weight is 354 g/mol. The van der Waals surface area contributed by atoms with Gasteiger partial charge in [-0.25, -0.2) is 4.98 Å². The first-order valence-corrected chi connectivity index (χ1v) is 8.10. The third-order valence-corrected chi connectivity index (χ3v) is 3.62. The second kappa shape index (κ2) is 7.40. The minimum Gasteiger partial charge on any atom is -0.456 e. The highest BCUT2D eigenvalue weighted by molar-refractivity contribution is 6.30. The summed E-state index contributed by atoms with van der Waals surface area (Å²) in [4.78, 5) is 25.2. The van der Waals surface area contributed by atoms with Gasteiger partial charge in [0.1, 0.15) is 17.2 Å². The zero-order valence-corrected chi connectivity index (χ0v) is 14.6. The second-order valence-electron chi connectivity index (χ2n) is 5.64. The minimum atomic E-state index is -0.115. The molecule has 0 aromatic carbocycles. The van der Waals surface area contributed by atoms with Gasteiger partial charge in [-0.1, -0.05) is 17.7 Å². The summed E-state index contributed by atoms with van der Waals surface area (Å²) in [5.41, 5.74) is 2.62. The highest BCUT2D eigenvalue weighted by Gasteiger charge is 2.13. The van der Waals surface area contributed by atoms with E-state index in [0.29, 0.717) is 27.9 Å². The molecule has 0 saturated heterocycles. The van der Waals surface area contributed by atoms with Gasteiger partial charge in [0, 0.05) is 41.5 Å². The maximum Gasteiger partial charge on any atom is 0.187 e. The lowest BCUT2D eigenvalue weighted by molar-refractivity contribution is 0.0986. The molecule has 0 aliphatic heterocycles. The van der Waals surface area contributed by atoms with Crippen molar-refractivity contribution in [1.29, 1.82) is 0 Å². The number of carbonyl (C=O) groups excluding carboxylic acids is 1. The third kappa shape index (κ3) is 4.61. The molecule has 0 aliphatic carbocycles. The number of nitrogens with zero attached hydrogens (tertiary/aromatic N) is 3. The molecule has 0 aliphatic rings. The number of carbonyl (C=O) groups is 1. The summed E-state index contributed by atoms with van der Waals surface area (Å²) in [6, 6.07) is 10.6. The summed E-state index contributed by atoms with van der Waals surface area (Å²) < 4.78 is 5.75. The molecule has 0 bridgehead atoms. The monoisotopic (exact) mass is 353 g/mol. The van der Waals surface area contributed by atoms with Gasteiger partial charge in [-0.2, -0.15) is 0 Å². The number of aromatic nitrogens is 3. The van der Waals surface area contributed by atoms with Crippen LogP contribution in [0.25, 0.3) is 0 Å². The van der Waals surface area contributed by atoms with Crippen molar-refractivity contribution in [3.63, 3.8) is 0 Å². The minimum absolute atomic E-state index is 0.115. The van der Waals surface area contributed by atoms with Crippen LogP contribution in [0.3, 0.4) is 0 Å². The van der Waals surface area contributed by atoms with Crippen molar-refractivity contribution < 1.29 is 9.53 Å². The van der Waals surface area contributed by atoms with Crippen LogP contribution in [0.5, 0.6) is 11.5 Å². The normalized spacial score (nSPS) is 10.5. The van der Waals surface area contributed by atoms with Crippen LogP contribution in [0, 0.1) is 13.8 Å². The van der Waals surface area contributed by atoms with E-state index in [0.717, 1.165) is 11.4 Å². The van der Waals surface area contributed by atoms with E-state index in [1.165, 1.54) is 6.20 Å². The summed E-state index contributed by atoms with van der Waals surface area (Å²) in [6.07, 6.45) is 3.27. The molecule has 0 unspecified atom stereocenters. The van der Waals surface area contributed by atoms with Crippen molar-refractivity contribution in [3.05, 3.63) is 76.6 Å². The highest BCUT2D eigenvalue weighted by atomic mass is 35.5. The Balaban J connectivity index is 1.82. The third-order valence-electron chi connectivity index (χ3n) is 3.42. The molecule has 0 saturated carbocycles. The van der Waals surface area contributed by atoms with E-state index in [1.54, 1.807) is 24.4 Å². The van der Waals surface area contributed by atoms with Crippen LogP contribution in [0.4, 0.5) is 0 Å². The first-order valence-electron chi connectivity index (χ1n) is 7.72. The van der Waals surface area contributed by atoms with E-state index in [1.807, 2.05) is 32.0 Å². The van der Waals surface area contributed by atoms with E-state index >= 15 is 0 Å². The van der Waals surface area contributed by atoms with Crippen molar-refractivity contribution in [3.8, 4) is 11.5 Å². The predicted octanol–water partition coefficient (Wildman–Crippen LogP) is 4.36. The number of ketones is 1. The number of Topliss-reactive ketones (excluding diaryl/α,β-unsaturated/α-hetero) is 1. The quantitative estimate of drug-likeness (QED) is 0.637. The van der Waals surface area contributed by atoms with Crippen LogP contribution in [0.15, 0.2) is 48.8 Å². The fourth-order valence-corrected chi connectivity index (χ4v) is 2.54. The Bertz CT molecular complexity index is 928. The van der Waals surface area contributed by atoms with Crippen LogP contribution in [-0.2, 0) is 6.42 Å². The van der Waals surface area contributed by atoms with Crippen molar-refractivity contribution in [2.45, 2.75) is 20.3 Å². The molecular formula is C19H16ClN3O2.